The van der Waals surface area contributed by atoms with Crippen LogP contribution in [0.1, 0.15) is 37.6 Å². The maximum atomic E-state index is 12.8. The Kier molecular flexibility index (Phi) is 5.84. The predicted octanol–water partition coefficient (Wildman–Crippen LogP) is 4.24. The summed E-state index contributed by atoms with van der Waals surface area (Å²) in [6.45, 7) is 12.8. The van der Waals surface area contributed by atoms with Gasteiger partial charge in [-0.25, -0.2) is 8.93 Å². The van der Waals surface area contributed by atoms with Crippen LogP contribution in [0.25, 0.3) is 0 Å². The van der Waals surface area contributed by atoms with E-state index in [4.69, 9.17) is 0 Å². The molecule has 2 aromatic carbocycles. The van der Waals surface area contributed by atoms with Gasteiger partial charge in [0.2, 0.25) is 0 Å². The number of rotatable bonds is 5. The van der Waals surface area contributed by atoms with E-state index in [9.17, 15) is 4.21 Å². The topological polar surface area (TPSA) is 29.1 Å². The average Bonchev–Trinajstić information content (AvgIpc) is 2.53. The smallest absolute Gasteiger partial charge is 0.105 e. The second-order valence-electron chi connectivity index (χ2n) is 7.93. The standard InChI is InChI=1S/C20H29NOSSi/c1-16-12-14-17(15-13-16)19(21-23(22)20(2,3)4)24(5,6)18-10-8-7-9-11-18/h7-15,19,21H,1-6H3/t19-,23?/m1/s1. The molecule has 0 fully saturated rings. The summed E-state index contributed by atoms with van der Waals surface area (Å²) >= 11 is 0. The van der Waals surface area contributed by atoms with Crippen LogP contribution in [0.5, 0.6) is 0 Å². The molecule has 2 nitrogen and oxygen atoms in total. The summed E-state index contributed by atoms with van der Waals surface area (Å²) in [6.07, 6.45) is 0. The molecule has 2 atom stereocenters. The highest BCUT2D eigenvalue weighted by atomic mass is 32.2. The van der Waals surface area contributed by atoms with Gasteiger partial charge in [0, 0.05) is 5.67 Å². The Bertz CT molecular complexity index is 690. The number of nitrogens with one attached hydrogen (secondary N) is 1. The molecular weight excluding hydrogens is 330 g/mol. The Labute approximate surface area is 150 Å². The highest BCUT2D eigenvalue weighted by Gasteiger charge is 2.37. The van der Waals surface area contributed by atoms with E-state index in [0.29, 0.717) is 0 Å². The molecule has 0 aromatic heterocycles. The molecule has 4 heteroatoms. The van der Waals surface area contributed by atoms with Crippen LogP contribution in [-0.4, -0.2) is 17.0 Å². The molecule has 0 bridgehead atoms. The Morgan fingerprint density at radius 3 is 2.00 bits per heavy atom. The highest BCUT2D eigenvalue weighted by molar-refractivity contribution is 7.84. The van der Waals surface area contributed by atoms with Crippen LogP contribution < -0.4 is 9.91 Å². The van der Waals surface area contributed by atoms with Crippen molar-refractivity contribution < 1.29 is 4.21 Å². The molecule has 0 saturated carbocycles. The van der Waals surface area contributed by atoms with Gasteiger partial charge in [-0.3, -0.25) is 0 Å². The molecule has 0 spiro atoms. The minimum Gasteiger partial charge on any atom is -0.242 e. The van der Waals surface area contributed by atoms with E-state index >= 15 is 0 Å². The monoisotopic (exact) mass is 359 g/mol. The van der Waals surface area contributed by atoms with Crippen LogP contribution in [0.3, 0.4) is 0 Å². The van der Waals surface area contributed by atoms with Gasteiger partial charge < -0.3 is 0 Å². The Morgan fingerprint density at radius 2 is 1.50 bits per heavy atom. The van der Waals surface area contributed by atoms with E-state index in [1.165, 1.54) is 16.3 Å². The summed E-state index contributed by atoms with van der Waals surface area (Å²) in [5, 5.41) is 1.37. The molecule has 0 amide bonds. The second kappa shape index (κ2) is 7.34. The van der Waals surface area contributed by atoms with Crippen LogP contribution in [0.4, 0.5) is 0 Å². The molecule has 130 valence electrons. The first-order valence-electron chi connectivity index (χ1n) is 8.42. The summed E-state index contributed by atoms with van der Waals surface area (Å²) in [7, 11) is -3.02. The molecule has 24 heavy (non-hydrogen) atoms. The van der Waals surface area contributed by atoms with Gasteiger partial charge in [-0.15, -0.1) is 0 Å². The summed E-state index contributed by atoms with van der Waals surface area (Å²) in [5.41, 5.74) is 2.56. The largest absolute Gasteiger partial charge is 0.242 e. The minimum atomic E-state index is -1.91. The van der Waals surface area contributed by atoms with Crippen molar-refractivity contribution in [2.24, 2.45) is 0 Å². The summed E-state index contributed by atoms with van der Waals surface area (Å²) in [6, 6.07) is 19.3. The first-order valence-corrected chi connectivity index (χ1v) is 12.7. The minimum absolute atomic E-state index is 0.0977. The molecule has 0 saturated heterocycles. The lowest BCUT2D eigenvalue weighted by Gasteiger charge is -2.35. The van der Waals surface area contributed by atoms with Crippen molar-refractivity contribution in [3.05, 3.63) is 65.7 Å². The van der Waals surface area contributed by atoms with E-state index in [1.807, 2.05) is 20.8 Å². The van der Waals surface area contributed by atoms with Crippen molar-refractivity contribution >= 4 is 24.2 Å². The molecule has 2 rings (SSSR count). The zero-order valence-corrected chi connectivity index (χ0v) is 17.4. The Morgan fingerprint density at radius 1 is 0.958 bits per heavy atom. The van der Waals surface area contributed by atoms with Crippen LogP contribution in [0.15, 0.2) is 54.6 Å². The zero-order valence-electron chi connectivity index (χ0n) is 15.6. The predicted molar refractivity (Wildman–Crippen MR) is 109 cm³/mol. The van der Waals surface area contributed by atoms with Crippen molar-refractivity contribution in [1.29, 1.82) is 0 Å². The van der Waals surface area contributed by atoms with Gasteiger partial charge in [-0.1, -0.05) is 78.4 Å². The average molecular weight is 360 g/mol. The van der Waals surface area contributed by atoms with Gasteiger partial charge in [0.15, 0.2) is 0 Å². The quantitative estimate of drug-likeness (QED) is 0.795. The van der Waals surface area contributed by atoms with E-state index in [1.54, 1.807) is 0 Å². The molecule has 0 aliphatic rings. The molecular formula is C20H29NOSSi. The lowest BCUT2D eigenvalue weighted by molar-refractivity contribution is 0.630. The normalized spacial score (nSPS) is 15.1. The molecule has 0 aliphatic heterocycles. The van der Waals surface area contributed by atoms with Crippen molar-refractivity contribution in [3.8, 4) is 0 Å². The van der Waals surface area contributed by atoms with Crippen molar-refractivity contribution in [3.63, 3.8) is 0 Å². The third-order valence-electron chi connectivity index (χ3n) is 4.43. The molecule has 1 N–H and O–H groups in total. The van der Waals surface area contributed by atoms with Gasteiger partial charge in [0.05, 0.1) is 15.7 Å². The molecule has 2 aromatic rings. The fourth-order valence-electron chi connectivity index (χ4n) is 2.71. The van der Waals surface area contributed by atoms with E-state index in [2.05, 4.69) is 79.3 Å². The summed E-state index contributed by atoms with van der Waals surface area (Å²) in [4.78, 5) is 0. The molecule has 0 radical (unpaired) electrons. The molecule has 1 unspecified atom stereocenters. The summed E-state index contributed by atoms with van der Waals surface area (Å²) < 4.78 is 16.0. The number of hydrogen-bond acceptors (Lipinski definition) is 1. The number of hydrogen-bond donors (Lipinski definition) is 1. The lowest BCUT2D eigenvalue weighted by atomic mass is 10.1. The number of aryl methyl sites for hydroxylation is 1. The van der Waals surface area contributed by atoms with Crippen molar-refractivity contribution in [2.75, 3.05) is 0 Å². The van der Waals surface area contributed by atoms with Crippen LogP contribution >= 0.6 is 0 Å². The fraction of sp³-hybridized carbons (Fsp3) is 0.400. The fourth-order valence-corrected chi connectivity index (χ4v) is 7.32. The van der Waals surface area contributed by atoms with Gasteiger partial charge in [0.25, 0.3) is 0 Å². The van der Waals surface area contributed by atoms with Crippen LogP contribution in [0.2, 0.25) is 13.1 Å². The Balaban J connectivity index is 2.46. The maximum Gasteiger partial charge on any atom is 0.105 e. The van der Waals surface area contributed by atoms with Crippen LogP contribution in [0, 0.1) is 6.92 Å². The van der Waals surface area contributed by atoms with Crippen molar-refractivity contribution in [1.82, 2.24) is 4.72 Å². The first-order chi connectivity index (χ1) is 11.1. The maximum absolute atomic E-state index is 12.8. The second-order valence-corrected chi connectivity index (χ2v) is 14.5. The zero-order chi connectivity index (χ0) is 18.0. The number of benzene rings is 2. The van der Waals surface area contributed by atoms with Gasteiger partial charge in [0.1, 0.15) is 8.07 Å². The van der Waals surface area contributed by atoms with Gasteiger partial charge in [-0.05, 0) is 33.3 Å². The van der Waals surface area contributed by atoms with Gasteiger partial charge in [-0.2, -0.15) is 0 Å². The van der Waals surface area contributed by atoms with Crippen LogP contribution in [-0.2, 0) is 11.0 Å². The van der Waals surface area contributed by atoms with E-state index < -0.39 is 19.1 Å². The van der Waals surface area contributed by atoms with Crippen molar-refractivity contribution in [2.45, 2.75) is 51.2 Å². The molecule has 0 heterocycles. The third kappa shape index (κ3) is 4.44. The Hall–Kier alpha value is -1.23. The highest BCUT2D eigenvalue weighted by Crippen LogP contribution is 2.27. The summed E-state index contributed by atoms with van der Waals surface area (Å²) in [5.74, 6) is 0. The lowest BCUT2D eigenvalue weighted by Crippen LogP contribution is -2.54. The van der Waals surface area contributed by atoms with E-state index in [0.717, 1.165) is 0 Å². The SMILES string of the molecule is Cc1ccc([C@H](NS(=O)C(C)(C)C)[Si](C)(C)c2ccccc2)cc1. The third-order valence-corrected chi connectivity index (χ3v) is 9.95. The van der Waals surface area contributed by atoms with Gasteiger partial charge >= 0.3 is 0 Å². The van der Waals surface area contributed by atoms with E-state index in [-0.39, 0.29) is 10.4 Å². The first kappa shape index (κ1) is 19.1. The molecule has 0 aliphatic carbocycles.